The number of nitrogens with one attached hydrogen (secondary N) is 2. The van der Waals surface area contributed by atoms with E-state index in [9.17, 15) is 4.91 Å². The molecule has 4 heteroatoms. The highest BCUT2D eigenvalue weighted by atomic mass is 16.3. The van der Waals surface area contributed by atoms with Crippen molar-refractivity contribution < 1.29 is 0 Å². The van der Waals surface area contributed by atoms with Gasteiger partial charge in [-0.15, -0.1) is 4.91 Å². The summed E-state index contributed by atoms with van der Waals surface area (Å²) >= 11 is 0. The molecule has 4 nitrogen and oxygen atoms in total. The first-order chi connectivity index (χ1) is 9.88. The molecule has 0 aliphatic rings. The highest BCUT2D eigenvalue weighted by Crippen LogP contribution is 2.31. The van der Waals surface area contributed by atoms with Gasteiger partial charge in [-0.2, -0.15) is 0 Å². The lowest BCUT2D eigenvalue weighted by atomic mass is 10.1. The Morgan fingerprint density at radius 3 is 2.15 bits per heavy atom. The Balaban J connectivity index is 1.94. The number of rotatable bonds is 4. The van der Waals surface area contributed by atoms with E-state index < -0.39 is 0 Å². The minimum absolute atomic E-state index is 0.450. The maximum Gasteiger partial charge on any atom is 0.115 e. The standard InChI is InChI=1S/C16H13N3O/c20-19-16-11-10-15(13-8-4-5-9-14(13)16)18-17-12-6-2-1-3-7-12/h1-11,17-18H. The molecule has 0 atom stereocenters. The molecule has 2 N–H and O–H groups in total. The van der Waals surface area contributed by atoms with Crippen molar-refractivity contribution in [1.29, 1.82) is 0 Å². The van der Waals surface area contributed by atoms with Crippen molar-refractivity contribution in [3.63, 3.8) is 0 Å². The summed E-state index contributed by atoms with van der Waals surface area (Å²) in [7, 11) is 0. The van der Waals surface area contributed by atoms with E-state index in [-0.39, 0.29) is 0 Å². The molecule has 0 aromatic heterocycles. The Hall–Kier alpha value is -2.88. The molecule has 0 saturated carbocycles. The minimum atomic E-state index is 0.450. The summed E-state index contributed by atoms with van der Waals surface area (Å²) in [6, 6.07) is 21.1. The summed E-state index contributed by atoms with van der Waals surface area (Å²) in [4.78, 5) is 10.8. The van der Waals surface area contributed by atoms with Gasteiger partial charge in [0.15, 0.2) is 0 Å². The number of anilines is 2. The largest absolute Gasteiger partial charge is 0.301 e. The average Bonchev–Trinajstić information content (AvgIpc) is 2.53. The molecule has 3 rings (SSSR count). The first-order valence-corrected chi connectivity index (χ1v) is 6.30. The molecule has 0 heterocycles. The third-order valence-electron chi connectivity index (χ3n) is 3.11. The number of hydrazine groups is 1. The van der Waals surface area contributed by atoms with Crippen LogP contribution >= 0.6 is 0 Å². The predicted octanol–water partition coefficient (Wildman–Crippen LogP) is 4.68. The first kappa shape index (κ1) is 12.2. The molecule has 0 spiro atoms. The van der Waals surface area contributed by atoms with Gasteiger partial charge in [0, 0.05) is 10.8 Å². The molecule has 0 fully saturated rings. The number of hydrogen-bond donors (Lipinski definition) is 2. The van der Waals surface area contributed by atoms with Gasteiger partial charge in [0.2, 0.25) is 0 Å². The number of para-hydroxylation sites is 1. The zero-order valence-electron chi connectivity index (χ0n) is 10.7. The number of benzene rings is 3. The Bertz CT molecular complexity index is 741. The van der Waals surface area contributed by atoms with E-state index >= 15 is 0 Å². The highest BCUT2D eigenvalue weighted by Gasteiger charge is 2.05. The van der Waals surface area contributed by atoms with Crippen LogP contribution in [-0.4, -0.2) is 0 Å². The van der Waals surface area contributed by atoms with Gasteiger partial charge in [-0.1, -0.05) is 42.5 Å². The van der Waals surface area contributed by atoms with Crippen LogP contribution in [0.2, 0.25) is 0 Å². The summed E-state index contributed by atoms with van der Waals surface area (Å²) in [6.07, 6.45) is 0. The van der Waals surface area contributed by atoms with Gasteiger partial charge in [0.05, 0.1) is 11.4 Å². The maximum atomic E-state index is 10.8. The smallest absolute Gasteiger partial charge is 0.115 e. The molecule has 98 valence electrons. The van der Waals surface area contributed by atoms with Crippen molar-refractivity contribution >= 4 is 27.8 Å². The topological polar surface area (TPSA) is 53.5 Å². The quantitative estimate of drug-likeness (QED) is 0.531. The molecule has 0 aliphatic heterocycles. The van der Waals surface area contributed by atoms with Crippen molar-refractivity contribution in [3.8, 4) is 0 Å². The lowest BCUT2D eigenvalue weighted by Gasteiger charge is -2.12. The predicted molar refractivity (Wildman–Crippen MR) is 83.1 cm³/mol. The fourth-order valence-corrected chi connectivity index (χ4v) is 2.13. The summed E-state index contributed by atoms with van der Waals surface area (Å²) < 4.78 is 0. The summed E-state index contributed by atoms with van der Waals surface area (Å²) in [5.41, 5.74) is 8.61. The monoisotopic (exact) mass is 263 g/mol. The summed E-state index contributed by atoms with van der Waals surface area (Å²) in [5.74, 6) is 0. The summed E-state index contributed by atoms with van der Waals surface area (Å²) in [5, 5.41) is 4.85. The van der Waals surface area contributed by atoms with Crippen LogP contribution in [-0.2, 0) is 0 Å². The van der Waals surface area contributed by atoms with Crippen LogP contribution in [0.15, 0.2) is 71.9 Å². The number of nitroso groups, excluding NO2 is 1. The molecule has 0 saturated heterocycles. The van der Waals surface area contributed by atoms with Gasteiger partial charge in [0.1, 0.15) is 5.69 Å². The molecule has 0 amide bonds. The van der Waals surface area contributed by atoms with Gasteiger partial charge in [-0.25, -0.2) is 0 Å². The minimum Gasteiger partial charge on any atom is -0.301 e. The molecule has 0 aliphatic carbocycles. The molecule has 0 radical (unpaired) electrons. The van der Waals surface area contributed by atoms with E-state index in [0.717, 1.165) is 22.1 Å². The van der Waals surface area contributed by atoms with Crippen molar-refractivity contribution in [2.75, 3.05) is 10.9 Å². The highest BCUT2D eigenvalue weighted by molar-refractivity contribution is 6.01. The second-order valence-electron chi connectivity index (χ2n) is 4.39. The second-order valence-corrected chi connectivity index (χ2v) is 4.39. The van der Waals surface area contributed by atoms with Crippen molar-refractivity contribution in [3.05, 3.63) is 71.6 Å². The zero-order chi connectivity index (χ0) is 13.8. The average molecular weight is 263 g/mol. The van der Waals surface area contributed by atoms with Crippen molar-refractivity contribution in [2.45, 2.75) is 0 Å². The van der Waals surface area contributed by atoms with E-state index in [1.54, 1.807) is 6.07 Å². The normalized spacial score (nSPS) is 10.2. The van der Waals surface area contributed by atoms with Crippen LogP contribution in [0.25, 0.3) is 10.8 Å². The first-order valence-electron chi connectivity index (χ1n) is 6.30. The van der Waals surface area contributed by atoms with Gasteiger partial charge < -0.3 is 10.9 Å². The number of nitrogens with zero attached hydrogens (tertiary/aromatic N) is 1. The van der Waals surface area contributed by atoms with E-state index in [4.69, 9.17) is 0 Å². The fraction of sp³-hybridized carbons (Fsp3) is 0. The van der Waals surface area contributed by atoms with Crippen LogP contribution in [0, 0.1) is 4.91 Å². The zero-order valence-corrected chi connectivity index (χ0v) is 10.7. The SMILES string of the molecule is O=Nc1ccc(NNc2ccccc2)c2ccccc12. The molecule has 0 bridgehead atoms. The van der Waals surface area contributed by atoms with Crippen molar-refractivity contribution in [2.24, 2.45) is 5.18 Å². The van der Waals surface area contributed by atoms with Crippen molar-refractivity contribution in [1.82, 2.24) is 0 Å². The Kier molecular flexibility index (Phi) is 3.29. The van der Waals surface area contributed by atoms with Crippen LogP contribution in [0.1, 0.15) is 0 Å². The fourth-order valence-electron chi connectivity index (χ4n) is 2.13. The molecule has 3 aromatic carbocycles. The van der Waals surface area contributed by atoms with E-state index in [1.807, 2.05) is 60.7 Å². The molecule has 0 unspecified atom stereocenters. The Morgan fingerprint density at radius 1 is 0.700 bits per heavy atom. The number of fused-ring (bicyclic) bond motifs is 1. The second kappa shape index (κ2) is 5.40. The lowest BCUT2D eigenvalue weighted by Crippen LogP contribution is -2.08. The van der Waals surface area contributed by atoms with Crippen LogP contribution in [0.5, 0.6) is 0 Å². The Morgan fingerprint density at radius 2 is 1.40 bits per heavy atom. The van der Waals surface area contributed by atoms with Crippen LogP contribution in [0.4, 0.5) is 17.1 Å². The third-order valence-corrected chi connectivity index (χ3v) is 3.11. The lowest BCUT2D eigenvalue weighted by molar-refractivity contribution is 1.42. The van der Waals surface area contributed by atoms with Gasteiger partial charge in [-0.3, -0.25) is 0 Å². The van der Waals surface area contributed by atoms with E-state index in [1.165, 1.54) is 0 Å². The van der Waals surface area contributed by atoms with Gasteiger partial charge in [-0.05, 0) is 29.4 Å². The molecular formula is C16H13N3O. The summed E-state index contributed by atoms with van der Waals surface area (Å²) in [6.45, 7) is 0. The van der Waals surface area contributed by atoms with Crippen LogP contribution < -0.4 is 10.9 Å². The Labute approximate surface area is 116 Å². The maximum absolute atomic E-state index is 10.8. The third kappa shape index (κ3) is 2.31. The van der Waals surface area contributed by atoms with Gasteiger partial charge in [0.25, 0.3) is 0 Å². The van der Waals surface area contributed by atoms with E-state index in [2.05, 4.69) is 16.0 Å². The molecule has 3 aromatic rings. The van der Waals surface area contributed by atoms with Gasteiger partial charge >= 0.3 is 0 Å². The molecular weight excluding hydrogens is 250 g/mol. The van der Waals surface area contributed by atoms with E-state index in [0.29, 0.717) is 5.69 Å². The number of hydrogen-bond acceptors (Lipinski definition) is 4. The van der Waals surface area contributed by atoms with Crippen LogP contribution in [0.3, 0.4) is 0 Å². The molecule has 20 heavy (non-hydrogen) atoms.